The van der Waals surface area contributed by atoms with Crippen molar-refractivity contribution in [1.29, 1.82) is 0 Å². The molecule has 0 aliphatic rings. The largest absolute Gasteiger partial charge is 0.493 e. The van der Waals surface area contributed by atoms with E-state index in [1.54, 1.807) is 18.2 Å². The van der Waals surface area contributed by atoms with Crippen molar-refractivity contribution in [1.82, 2.24) is 20.3 Å². The second-order valence-corrected chi connectivity index (χ2v) is 6.04. The molecule has 0 aliphatic carbocycles. The van der Waals surface area contributed by atoms with Crippen LogP contribution in [0, 0.1) is 5.82 Å². The van der Waals surface area contributed by atoms with E-state index in [2.05, 4.69) is 15.6 Å². The number of carbonyl (C=O) groups is 1. The minimum absolute atomic E-state index is 0.0834. The molecule has 0 spiro atoms. The van der Waals surface area contributed by atoms with Gasteiger partial charge in [0.05, 0.1) is 19.9 Å². The summed E-state index contributed by atoms with van der Waals surface area (Å²) in [7, 11) is 2.89. The van der Waals surface area contributed by atoms with Crippen LogP contribution in [0.25, 0.3) is 5.69 Å². The Labute approximate surface area is 168 Å². The van der Waals surface area contributed by atoms with E-state index >= 15 is 0 Å². The Balaban J connectivity index is 1.86. The maximum absolute atomic E-state index is 13.6. The topological polar surface area (TPSA) is 78.3 Å². The third-order valence-electron chi connectivity index (χ3n) is 4.13. The molecule has 0 saturated carbocycles. The zero-order valence-corrected chi connectivity index (χ0v) is 15.8. The molecular formula is C19H16F4N4O3. The molecule has 11 heteroatoms. The Morgan fingerprint density at radius 2 is 1.73 bits per heavy atom. The summed E-state index contributed by atoms with van der Waals surface area (Å²) >= 11 is 0. The van der Waals surface area contributed by atoms with Gasteiger partial charge in [0.25, 0.3) is 5.91 Å². The molecule has 0 unspecified atom stereocenters. The molecule has 158 valence electrons. The van der Waals surface area contributed by atoms with Crippen LogP contribution in [0.1, 0.15) is 21.7 Å². The zero-order chi connectivity index (χ0) is 21.9. The molecule has 0 saturated heterocycles. The fourth-order valence-electron chi connectivity index (χ4n) is 2.71. The number of hydrogen-bond acceptors (Lipinski definition) is 5. The summed E-state index contributed by atoms with van der Waals surface area (Å²) < 4.78 is 64.7. The smallest absolute Gasteiger partial charge is 0.435 e. The van der Waals surface area contributed by atoms with Gasteiger partial charge in [-0.05, 0) is 42.0 Å². The van der Waals surface area contributed by atoms with Crippen LogP contribution in [0.4, 0.5) is 17.6 Å². The molecule has 3 rings (SSSR count). The molecule has 0 bridgehead atoms. The van der Waals surface area contributed by atoms with Crippen molar-refractivity contribution in [3.8, 4) is 17.2 Å². The summed E-state index contributed by atoms with van der Waals surface area (Å²) in [6.07, 6.45) is -4.92. The third kappa shape index (κ3) is 4.34. The minimum atomic E-state index is -4.92. The molecule has 0 aliphatic heterocycles. The highest BCUT2D eigenvalue weighted by atomic mass is 19.4. The minimum Gasteiger partial charge on any atom is -0.493 e. The van der Waals surface area contributed by atoms with Crippen molar-refractivity contribution in [2.45, 2.75) is 12.7 Å². The number of methoxy groups -OCH3 is 2. The molecule has 1 heterocycles. The molecule has 1 N–H and O–H groups in total. The van der Waals surface area contributed by atoms with Crippen LogP contribution < -0.4 is 14.8 Å². The number of nitrogens with one attached hydrogen (secondary N) is 1. The van der Waals surface area contributed by atoms with Crippen molar-refractivity contribution in [3.05, 3.63) is 65.2 Å². The van der Waals surface area contributed by atoms with Gasteiger partial charge in [-0.3, -0.25) is 4.79 Å². The summed E-state index contributed by atoms with van der Waals surface area (Å²) in [6.45, 7) is -0.0834. The van der Waals surface area contributed by atoms with Gasteiger partial charge in [-0.1, -0.05) is 11.3 Å². The van der Waals surface area contributed by atoms with E-state index in [1.807, 2.05) is 0 Å². The van der Waals surface area contributed by atoms with Crippen molar-refractivity contribution < 1.29 is 31.8 Å². The van der Waals surface area contributed by atoms with Crippen LogP contribution >= 0.6 is 0 Å². The monoisotopic (exact) mass is 424 g/mol. The number of hydrogen-bond donors (Lipinski definition) is 1. The second-order valence-electron chi connectivity index (χ2n) is 6.04. The van der Waals surface area contributed by atoms with Gasteiger partial charge in [-0.2, -0.15) is 13.2 Å². The second kappa shape index (κ2) is 8.39. The normalized spacial score (nSPS) is 11.3. The van der Waals surface area contributed by atoms with Gasteiger partial charge < -0.3 is 14.8 Å². The van der Waals surface area contributed by atoms with Crippen LogP contribution in [0.5, 0.6) is 11.5 Å². The first kappa shape index (κ1) is 21.1. The maximum Gasteiger partial charge on any atom is 0.435 e. The van der Waals surface area contributed by atoms with E-state index in [9.17, 15) is 22.4 Å². The maximum atomic E-state index is 13.6. The number of aromatic nitrogens is 3. The van der Waals surface area contributed by atoms with E-state index in [4.69, 9.17) is 9.47 Å². The number of amides is 1. The number of rotatable bonds is 6. The number of nitrogens with zero attached hydrogens (tertiary/aromatic N) is 3. The van der Waals surface area contributed by atoms with Gasteiger partial charge in [-0.15, -0.1) is 5.10 Å². The summed E-state index contributed by atoms with van der Waals surface area (Å²) in [5, 5.41) is 9.21. The Kier molecular flexibility index (Phi) is 5.90. The summed E-state index contributed by atoms with van der Waals surface area (Å²) in [4.78, 5) is 12.4. The van der Waals surface area contributed by atoms with Crippen LogP contribution in [-0.2, 0) is 12.7 Å². The van der Waals surface area contributed by atoms with E-state index in [0.717, 1.165) is 24.3 Å². The Hall–Kier alpha value is -3.63. The molecule has 0 atom stereocenters. The molecule has 3 aromatic rings. The zero-order valence-electron chi connectivity index (χ0n) is 15.8. The lowest BCUT2D eigenvalue weighted by atomic mass is 10.2. The summed E-state index contributed by atoms with van der Waals surface area (Å²) in [5.41, 5.74) is -1.78. The van der Waals surface area contributed by atoms with Crippen LogP contribution in [0.15, 0.2) is 42.5 Å². The van der Waals surface area contributed by atoms with Gasteiger partial charge in [0.15, 0.2) is 22.9 Å². The molecule has 30 heavy (non-hydrogen) atoms. The average Bonchev–Trinajstić information content (AvgIpc) is 3.18. The predicted octanol–water partition coefficient (Wildman–Crippen LogP) is 3.37. The highest BCUT2D eigenvalue weighted by Crippen LogP contribution is 2.33. The summed E-state index contributed by atoms with van der Waals surface area (Å²) in [5.74, 6) is -0.817. The average molecular weight is 424 g/mol. The van der Waals surface area contributed by atoms with Gasteiger partial charge in [0.2, 0.25) is 0 Å². The first-order chi connectivity index (χ1) is 14.2. The number of benzene rings is 2. The standard InChI is InChI=1S/C19H16F4N4O3/c1-29-14-8-3-11(9-15(14)30-2)10-24-18(28)16-17(19(21,22)23)27(26-25-16)13-6-4-12(20)5-7-13/h3-9H,10H2,1-2H3,(H,24,28). The fourth-order valence-corrected chi connectivity index (χ4v) is 2.71. The van der Waals surface area contributed by atoms with E-state index in [1.165, 1.54) is 14.2 Å². The predicted molar refractivity (Wildman–Crippen MR) is 97.0 cm³/mol. The molecule has 2 aromatic carbocycles. The Morgan fingerprint density at radius 1 is 1.07 bits per heavy atom. The molecule has 7 nitrogen and oxygen atoms in total. The van der Waals surface area contributed by atoms with Crippen molar-refractivity contribution in [2.24, 2.45) is 0 Å². The van der Waals surface area contributed by atoms with Crippen molar-refractivity contribution >= 4 is 5.91 Å². The Morgan fingerprint density at radius 3 is 2.33 bits per heavy atom. The third-order valence-corrected chi connectivity index (χ3v) is 4.13. The highest BCUT2D eigenvalue weighted by Gasteiger charge is 2.42. The number of halogens is 4. The summed E-state index contributed by atoms with van der Waals surface area (Å²) in [6, 6.07) is 8.98. The lowest BCUT2D eigenvalue weighted by Gasteiger charge is -2.12. The molecule has 1 aromatic heterocycles. The van der Waals surface area contributed by atoms with Crippen LogP contribution in [0.3, 0.4) is 0 Å². The number of alkyl halides is 3. The first-order valence-corrected chi connectivity index (χ1v) is 8.52. The van der Waals surface area contributed by atoms with E-state index < -0.39 is 29.3 Å². The van der Waals surface area contributed by atoms with E-state index in [0.29, 0.717) is 21.7 Å². The molecule has 0 fully saturated rings. The SMILES string of the molecule is COc1ccc(CNC(=O)c2nnn(-c3ccc(F)cc3)c2C(F)(F)F)cc1OC. The van der Waals surface area contributed by atoms with Crippen molar-refractivity contribution in [3.63, 3.8) is 0 Å². The lowest BCUT2D eigenvalue weighted by molar-refractivity contribution is -0.143. The van der Waals surface area contributed by atoms with Crippen LogP contribution in [-0.4, -0.2) is 35.1 Å². The molecule has 0 radical (unpaired) electrons. The quantitative estimate of drug-likeness (QED) is 0.614. The van der Waals surface area contributed by atoms with Crippen molar-refractivity contribution in [2.75, 3.05) is 14.2 Å². The van der Waals surface area contributed by atoms with Gasteiger partial charge in [-0.25, -0.2) is 9.07 Å². The highest BCUT2D eigenvalue weighted by molar-refractivity contribution is 5.93. The fraction of sp³-hybridized carbons (Fsp3) is 0.211. The van der Waals surface area contributed by atoms with Gasteiger partial charge >= 0.3 is 6.18 Å². The number of carbonyl (C=O) groups excluding carboxylic acids is 1. The molecule has 1 amide bonds. The Bertz CT molecular complexity index is 1050. The number of ether oxygens (including phenoxy) is 2. The van der Waals surface area contributed by atoms with Gasteiger partial charge in [0, 0.05) is 6.54 Å². The van der Waals surface area contributed by atoms with Crippen LogP contribution in [0.2, 0.25) is 0 Å². The first-order valence-electron chi connectivity index (χ1n) is 8.52. The molecular weight excluding hydrogens is 408 g/mol. The van der Waals surface area contributed by atoms with E-state index in [-0.39, 0.29) is 12.2 Å². The lowest BCUT2D eigenvalue weighted by Crippen LogP contribution is -2.27. The van der Waals surface area contributed by atoms with Gasteiger partial charge in [0.1, 0.15) is 5.82 Å².